The number of rotatable bonds is 1. The van der Waals surface area contributed by atoms with E-state index in [1.807, 2.05) is 13.8 Å². The molecule has 94 valence electrons. The Bertz CT molecular complexity index is 550. The number of ketones is 2. The number of carbonyl (C=O) groups excluding carboxylic acids is 2. The van der Waals surface area contributed by atoms with Gasteiger partial charge in [0.25, 0.3) is 5.78 Å². The normalized spacial score (nSPS) is 30.1. The molecular formula is C14H14O4. The van der Waals surface area contributed by atoms with E-state index in [1.54, 1.807) is 0 Å². The number of Topliss-reactive ketones (excluding diaryl/α,β-unsaturated/α-hetero) is 2. The van der Waals surface area contributed by atoms with Gasteiger partial charge in [-0.05, 0) is 12.5 Å². The number of carbonyl (C=O) groups is 2. The molecule has 2 aliphatic heterocycles. The average molecular weight is 246 g/mol. The second kappa shape index (κ2) is 3.57. The standard InChI is InChI=1S/C14H14O4/c1-6(2)9-4-8-11(15)10-7(3)5-17-14(10)12(16)13(8)18-9/h7,9H,1,4-5H2,2-3H3/t7-,9+/m0/s1. The minimum Gasteiger partial charge on any atom is -0.488 e. The Labute approximate surface area is 105 Å². The van der Waals surface area contributed by atoms with E-state index in [0.717, 1.165) is 5.57 Å². The van der Waals surface area contributed by atoms with Crippen molar-refractivity contribution in [3.63, 3.8) is 0 Å². The topological polar surface area (TPSA) is 52.6 Å². The fourth-order valence-electron chi connectivity index (χ4n) is 2.57. The molecule has 3 aliphatic rings. The summed E-state index contributed by atoms with van der Waals surface area (Å²) in [6, 6.07) is 0. The molecule has 0 amide bonds. The first kappa shape index (κ1) is 11.3. The van der Waals surface area contributed by atoms with E-state index in [9.17, 15) is 9.59 Å². The number of hydrogen-bond donors (Lipinski definition) is 0. The van der Waals surface area contributed by atoms with Crippen LogP contribution < -0.4 is 0 Å². The monoisotopic (exact) mass is 246 g/mol. The predicted octanol–water partition coefficient (Wildman–Crippen LogP) is 1.68. The van der Waals surface area contributed by atoms with Crippen LogP contribution in [0.3, 0.4) is 0 Å². The molecular weight excluding hydrogens is 232 g/mol. The molecule has 4 nitrogen and oxygen atoms in total. The van der Waals surface area contributed by atoms with Crippen LogP contribution >= 0.6 is 0 Å². The fraction of sp³-hybridized carbons (Fsp3) is 0.429. The van der Waals surface area contributed by atoms with Crippen LogP contribution in [0.4, 0.5) is 0 Å². The Morgan fingerprint density at radius 1 is 1.28 bits per heavy atom. The van der Waals surface area contributed by atoms with Gasteiger partial charge in [-0.3, -0.25) is 9.59 Å². The highest BCUT2D eigenvalue weighted by Crippen LogP contribution is 2.41. The van der Waals surface area contributed by atoms with Crippen molar-refractivity contribution in [3.05, 3.63) is 34.8 Å². The fourth-order valence-corrected chi connectivity index (χ4v) is 2.57. The number of hydrogen-bond acceptors (Lipinski definition) is 4. The molecule has 2 heterocycles. The molecule has 0 unspecified atom stereocenters. The molecule has 18 heavy (non-hydrogen) atoms. The summed E-state index contributed by atoms with van der Waals surface area (Å²) in [5.74, 6) is -0.0371. The van der Waals surface area contributed by atoms with Crippen molar-refractivity contribution in [2.75, 3.05) is 6.61 Å². The molecule has 0 aromatic carbocycles. The summed E-state index contributed by atoms with van der Waals surface area (Å²) < 4.78 is 10.9. The summed E-state index contributed by atoms with van der Waals surface area (Å²) >= 11 is 0. The summed E-state index contributed by atoms with van der Waals surface area (Å²) in [6.07, 6.45) is 0.178. The lowest BCUT2D eigenvalue weighted by molar-refractivity contribution is -0.120. The van der Waals surface area contributed by atoms with Gasteiger partial charge in [-0.25, -0.2) is 0 Å². The third-order valence-electron chi connectivity index (χ3n) is 3.62. The Morgan fingerprint density at radius 2 is 2.00 bits per heavy atom. The van der Waals surface area contributed by atoms with E-state index in [0.29, 0.717) is 24.2 Å². The van der Waals surface area contributed by atoms with Crippen LogP contribution in [-0.4, -0.2) is 24.3 Å². The zero-order valence-corrected chi connectivity index (χ0v) is 10.4. The van der Waals surface area contributed by atoms with Crippen LogP contribution in [0.25, 0.3) is 0 Å². The summed E-state index contributed by atoms with van der Waals surface area (Å²) in [5, 5.41) is 0. The molecule has 3 rings (SSSR count). The van der Waals surface area contributed by atoms with Gasteiger partial charge in [-0.15, -0.1) is 0 Å². The predicted molar refractivity (Wildman–Crippen MR) is 63.5 cm³/mol. The second-order valence-electron chi connectivity index (χ2n) is 5.08. The van der Waals surface area contributed by atoms with Gasteiger partial charge in [0, 0.05) is 12.3 Å². The summed E-state index contributed by atoms with van der Waals surface area (Å²) in [6.45, 7) is 7.93. The molecule has 0 fully saturated rings. The lowest BCUT2D eigenvalue weighted by atomic mass is 9.86. The third-order valence-corrected chi connectivity index (χ3v) is 3.62. The van der Waals surface area contributed by atoms with Crippen LogP contribution in [0, 0.1) is 5.92 Å². The van der Waals surface area contributed by atoms with E-state index in [-0.39, 0.29) is 35.1 Å². The van der Waals surface area contributed by atoms with Crippen molar-refractivity contribution in [2.45, 2.75) is 26.4 Å². The highest BCUT2D eigenvalue weighted by atomic mass is 16.5. The lowest BCUT2D eigenvalue weighted by Crippen LogP contribution is -2.22. The van der Waals surface area contributed by atoms with Crippen LogP contribution in [0.1, 0.15) is 20.3 Å². The van der Waals surface area contributed by atoms with Crippen LogP contribution in [0.5, 0.6) is 0 Å². The highest BCUT2D eigenvalue weighted by molar-refractivity contribution is 6.24. The first-order valence-corrected chi connectivity index (χ1v) is 6.02. The van der Waals surface area contributed by atoms with Gasteiger partial charge in [0.15, 0.2) is 17.3 Å². The summed E-state index contributed by atoms with van der Waals surface area (Å²) in [7, 11) is 0. The molecule has 4 heteroatoms. The van der Waals surface area contributed by atoms with Crippen LogP contribution in [0.2, 0.25) is 0 Å². The summed E-state index contributed by atoms with van der Waals surface area (Å²) in [4.78, 5) is 24.6. The quantitative estimate of drug-likeness (QED) is 0.521. The van der Waals surface area contributed by atoms with E-state index in [4.69, 9.17) is 9.47 Å². The minimum absolute atomic E-state index is 0.0191. The van der Waals surface area contributed by atoms with Crippen LogP contribution in [0.15, 0.2) is 34.8 Å². The highest BCUT2D eigenvalue weighted by Gasteiger charge is 2.46. The van der Waals surface area contributed by atoms with E-state index < -0.39 is 0 Å². The first-order valence-electron chi connectivity index (χ1n) is 6.02. The zero-order chi connectivity index (χ0) is 13.0. The van der Waals surface area contributed by atoms with Crippen molar-refractivity contribution < 1.29 is 19.1 Å². The van der Waals surface area contributed by atoms with Gasteiger partial charge in [0.2, 0.25) is 0 Å². The molecule has 0 radical (unpaired) electrons. The Hall–Kier alpha value is -1.84. The van der Waals surface area contributed by atoms with Crippen LogP contribution in [-0.2, 0) is 19.1 Å². The van der Waals surface area contributed by atoms with E-state index >= 15 is 0 Å². The zero-order valence-electron chi connectivity index (χ0n) is 10.4. The van der Waals surface area contributed by atoms with Crippen molar-refractivity contribution in [2.24, 2.45) is 5.92 Å². The second-order valence-corrected chi connectivity index (χ2v) is 5.08. The number of ether oxygens (including phenoxy) is 2. The molecule has 0 aromatic heterocycles. The maximum atomic E-state index is 12.4. The Balaban J connectivity index is 2.00. The Morgan fingerprint density at radius 3 is 2.67 bits per heavy atom. The molecule has 0 saturated heterocycles. The van der Waals surface area contributed by atoms with Crippen molar-refractivity contribution >= 4 is 11.6 Å². The molecule has 0 spiro atoms. The third kappa shape index (κ3) is 1.32. The molecule has 1 aliphatic carbocycles. The molecule has 2 atom stereocenters. The van der Waals surface area contributed by atoms with Gasteiger partial charge in [-0.2, -0.15) is 0 Å². The SMILES string of the molecule is C=C(C)[C@H]1CC2=C(O1)C(=O)C1=C(C2=O)[C@@H](C)CO1. The minimum atomic E-state index is -0.285. The maximum Gasteiger partial charge on any atom is 0.262 e. The van der Waals surface area contributed by atoms with Crippen molar-refractivity contribution in [3.8, 4) is 0 Å². The molecule has 0 saturated carbocycles. The van der Waals surface area contributed by atoms with Gasteiger partial charge < -0.3 is 9.47 Å². The smallest absolute Gasteiger partial charge is 0.262 e. The Kier molecular flexibility index (Phi) is 2.24. The molecule has 0 bridgehead atoms. The van der Waals surface area contributed by atoms with Gasteiger partial charge >= 0.3 is 0 Å². The molecule has 0 N–H and O–H groups in total. The van der Waals surface area contributed by atoms with Gasteiger partial charge in [0.1, 0.15) is 6.10 Å². The summed E-state index contributed by atoms with van der Waals surface area (Å²) in [5.41, 5.74) is 1.83. The average Bonchev–Trinajstić information content (AvgIpc) is 2.90. The largest absolute Gasteiger partial charge is 0.488 e. The van der Waals surface area contributed by atoms with Gasteiger partial charge in [-0.1, -0.05) is 13.5 Å². The molecule has 0 aromatic rings. The first-order chi connectivity index (χ1) is 8.50. The van der Waals surface area contributed by atoms with E-state index in [2.05, 4.69) is 6.58 Å². The van der Waals surface area contributed by atoms with E-state index in [1.165, 1.54) is 0 Å². The van der Waals surface area contributed by atoms with Crippen molar-refractivity contribution in [1.29, 1.82) is 0 Å². The van der Waals surface area contributed by atoms with Crippen molar-refractivity contribution in [1.82, 2.24) is 0 Å². The maximum absolute atomic E-state index is 12.4. The lowest BCUT2D eigenvalue weighted by Gasteiger charge is -2.14. The van der Waals surface area contributed by atoms with Gasteiger partial charge in [0.05, 0.1) is 17.8 Å².